The lowest BCUT2D eigenvalue weighted by Crippen LogP contribution is -2.37. The predicted octanol–water partition coefficient (Wildman–Crippen LogP) is 1.75. The van der Waals surface area contributed by atoms with Crippen LogP contribution in [-0.2, 0) is 9.53 Å². The number of anilines is 3. The van der Waals surface area contributed by atoms with Crippen molar-refractivity contribution in [2.75, 3.05) is 55.5 Å². The molecule has 0 radical (unpaired) electrons. The molecule has 0 aliphatic carbocycles. The summed E-state index contributed by atoms with van der Waals surface area (Å²) in [4.78, 5) is 25.4. The van der Waals surface area contributed by atoms with Gasteiger partial charge in [-0.3, -0.25) is 4.79 Å². The summed E-state index contributed by atoms with van der Waals surface area (Å²) in [5.41, 5.74) is 0.656. The van der Waals surface area contributed by atoms with Crippen LogP contribution in [0.15, 0.2) is 6.20 Å². The van der Waals surface area contributed by atoms with Gasteiger partial charge in [-0.15, -0.1) is 0 Å². The molecule has 1 fully saturated rings. The van der Waals surface area contributed by atoms with Crippen LogP contribution in [0.25, 0.3) is 0 Å². The van der Waals surface area contributed by atoms with Crippen molar-refractivity contribution in [1.29, 1.82) is 0 Å². The lowest BCUT2D eigenvalue weighted by molar-refractivity contribution is -0.120. The van der Waals surface area contributed by atoms with Gasteiger partial charge in [0.2, 0.25) is 11.9 Å². The smallest absolute Gasteiger partial charge is 0.227 e. The van der Waals surface area contributed by atoms with Crippen molar-refractivity contribution in [2.45, 2.75) is 26.7 Å². The molecule has 1 aliphatic heterocycles. The Kier molecular flexibility index (Phi) is 6.15. The molecule has 7 nitrogen and oxygen atoms in total. The second kappa shape index (κ2) is 8.10. The molecule has 1 N–H and O–H groups in total. The number of morpholine rings is 1. The molecule has 0 atom stereocenters. The summed E-state index contributed by atoms with van der Waals surface area (Å²) in [5, 5.41) is 2.98. The number of hydrogen-bond acceptors (Lipinski definition) is 6. The molecule has 128 valence electrons. The van der Waals surface area contributed by atoms with Crippen LogP contribution < -0.4 is 15.1 Å². The van der Waals surface area contributed by atoms with E-state index in [2.05, 4.69) is 20.2 Å². The number of nitrogens with zero attached hydrogens (tertiary/aromatic N) is 4. The summed E-state index contributed by atoms with van der Waals surface area (Å²) in [6.45, 7) is 7.00. The summed E-state index contributed by atoms with van der Waals surface area (Å²) in [6.07, 6.45) is 3.35. The first-order valence-corrected chi connectivity index (χ1v) is 8.24. The van der Waals surface area contributed by atoms with E-state index >= 15 is 0 Å². The molecule has 0 aromatic carbocycles. The van der Waals surface area contributed by atoms with E-state index < -0.39 is 0 Å². The maximum Gasteiger partial charge on any atom is 0.227 e. The molecule has 0 bridgehead atoms. The van der Waals surface area contributed by atoms with E-state index in [9.17, 15) is 4.79 Å². The molecule has 0 unspecified atom stereocenters. The number of nitrogens with one attached hydrogen (secondary N) is 1. The Balaban J connectivity index is 2.20. The zero-order valence-electron chi connectivity index (χ0n) is 14.5. The van der Waals surface area contributed by atoms with Crippen LogP contribution in [0.2, 0.25) is 0 Å². The van der Waals surface area contributed by atoms with Gasteiger partial charge >= 0.3 is 0 Å². The molecule has 1 saturated heterocycles. The molecule has 23 heavy (non-hydrogen) atoms. The van der Waals surface area contributed by atoms with Gasteiger partial charge in [0, 0.05) is 33.1 Å². The van der Waals surface area contributed by atoms with Gasteiger partial charge in [-0.2, -0.15) is 4.98 Å². The summed E-state index contributed by atoms with van der Waals surface area (Å²) in [5.74, 6) is 1.45. The van der Waals surface area contributed by atoms with Crippen LogP contribution in [0.1, 0.15) is 26.7 Å². The van der Waals surface area contributed by atoms with Crippen LogP contribution in [0, 0.1) is 5.92 Å². The summed E-state index contributed by atoms with van der Waals surface area (Å²) in [7, 11) is 3.83. The SMILES string of the molecule is CCC(CC)C(=O)Nc1cnc(N2CCOCC2)nc1N(C)C. The first kappa shape index (κ1) is 17.5. The van der Waals surface area contributed by atoms with Gasteiger partial charge in [-0.25, -0.2) is 4.98 Å². The van der Waals surface area contributed by atoms with E-state index in [1.807, 2.05) is 32.8 Å². The van der Waals surface area contributed by atoms with Crippen molar-refractivity contribution in [3.63, 3.8) is 0 Å². The third-order valence-electron chi connectivity index (χ3n) is 4.09. The molecule has 7 heteroatoms. The molecular weight excluding hydrogens is 294 g/mol. The first-order valence-electron chi connectivity index (χ1n) is 8.24. The molecule has 1 amide bonds. The van der Waals surface area contributed by atoms with Crippen molar-refractivity contribution in [3.05, 3.63) is 6.20 Å². The van der Waals surface area contributed by atoms with Gasteiger partial charge in [0.05, 0.1) is 19.4 Å². The Morgan fingerprint density at radius 1 is 1.35 bits per heavy atom. The number of rotatable bonds is 6. The molecular formula is C16H27N5O2. The molecule has 1 aromatic rings. The van der Waals surface area contributed by atoms with Crippen molar-refractivity contribution in [1.82, 2.24) is 9.97 Å². The fraction of sp³-hybridized carbons (Fsp3) is 0.688. The second-order valence-corrected chi connectivity index (χ2v) is 5.90. The molecule has 1 aliphatic rings. The van der Waals surface area contributed by atoms with Crippen LogP contribution in [-0.4, -0.2) is 56.3 Å². The normalized spacial score (nSPS) is 14.9. The third-order valence-corrected chi connectivity index (χ3v) is 4.09. The number of hydrogen-bond donors (Lipinski definition) is 1. The Labute approximate surface area is 138 Å². The zero-order valence-corrected chi connectivity index (χ0v) is 14.5. The van der Waals surface area contributed by atoms with E-state index in [1.165, 1.54) is 0 Å². The quantitative estimate of drug-likeness (QED) is 0.861. The van der Waals surface area contributed by atoms with Gasteiger partial charge in [-0.05, 0) is 12.8 Å². The largest absolute Gasteiger partial charge is 0.378 e. The van der Waals surface area contributed by atoms with E-state index in [-0.39, 0.29) is 11.8 Å². The van der Waals surface area contributed by atoms with Crippen molar-refractivity contribution in [2.24, 2.45) is 5.92 Å². The summed E-state index contributed by atoms with van der Waals surface area (Å²) in [6, 6.07) is 0. The van der Waals surface area contributed by atoms with Gasteiger partial charge in [0.25, 0.3) is 0 Å². The highest BCUT2D eigenvalue weighted by Crippen LogP contribution is 2.25. The molecule has 2 rings (SSSR count). The van der Waals surface area contributed by atoms with E-state index in [0.29, 0.717) is 24.8 Å². The number of aromatic nitrogens is 2. The molecule has 0 saturated carbocycles. The maximum absolute atomic E-state index is 12.3. The third kappa shape index (κ3) is 4.31. The summed E-state index contributed by atoms with van der Waals surface area (Å²) < 4.78 is 5.36. The molecule has 1 aromatic heterocycles. The molecule has 0 spiro atoms. The maximum atomic E-state index is 12.3. The minimum absolute atomic E-state index is 0.0175. The van der Waals surface area contributed by atoms with Crippen LogP contribution in [0.4, 0.5) is 17.5 Å². The Hall–Kier alpha value is -1.89. The minimum atomic E-state index is 0.0175. The van der Waals surface area contributed by atoms with Crippen molar-refractivity contribution >= 4 is 23.4 Å². The second-order valence-electron chi connectivity index (χ2n) is 5.90. The lowest BCUT2D eigenvalue weighted by Gasteiger charge is -2.28. The molecule has 2 heterocycles. The topological polar surface area (TPSA) is 70.6 Å². The van der Waals surface area contributed by atoms with Crippen LogP contribution in [0.5, 0.6) is 0 Å². The highest BCUT2D eigenvalue weighted by atomic mass is 16.5. The highest BCUT2D eigenvalue weighted by molar-refractivity contribution is 5.95. The van der Waals surface area contributed by atoms with E-state index in [1.54, 1.807) is 6.20 Å². The lowest BCUT2D eigenvalue weighted by atomic mass is 10.0. The standard InChI is InChI=1S/C16H27N5O2/c1-5-12(6-2)15(22)18-13-11-17-16(19-14(13)20(3)4)21-7-9-23-10-8-21/h11-12H,5-10H2,1-4H3,(H,18,22). The van der Waals surface area contributed by atoms with Gasteiger partial charge < -0.3 is 19.9 Å². The number of ether oxygens (including phenoxy) is 1. The fourth-order valence-corrected chi connectivity index (χ4v) is 2.60. The number of carbonyl (C=O) groups is 1. The van der Waals surface area contributed by atoms with Crippen molar-refractivity contribution < 1.29 is 9.53 Å². The van der Waals surface area contributed by atoms with Crippen LogP contribution in [0.3, 0.4) is 0 Å². The Bertz CT molecular complexity index is 525. The zero-order chi connectivity index (χ0) is 16.8. The fourth-order valence-electron chi connectivity index (χ4n) is 2.60. The number of amides is 1. The van der Waals surface area contributed by atoms with E-state index in [0.717, 1.165) is 31.7 Å². The van der Waals surface area contributed by atoms with Crippen LogP contribution >= 0.6 is 0 Å². The minimum Gasteiger partial charge on any atom is -0.378 e. The van der Waals surface area contributed by atoms with Gasteiger partial charge in [-0.1, -0.05) is 13.8 Å². The first-order chi connectivity index (χ1) is 11.1. The highest BCUT2D eigenvalue weighted by Gasteiger charge is 2.20. The average molecular weight is 321 g/mol. The number of carbonyl (C=O) groups excluding carboxylic acids is 1. The van der Waals surface area contributed by atoms with Crippen molar-refractivity contribution in [3.8, 4) is 0 Å². The van der Waals surface area contributed by atoms with E-state index in [4.69, 9.17) is 4.74 Å². The summed E-state index contributed by atoms with van der Waals surface area (Å²) >= 11 is 0. The Morgan fingerprint density at radius 2 is 2.00 bits per heavy atom. The van der Waals surface area contributed by atoms with Gasteiger partial charge in [0.15, 0.2) is 5.82 Å². The predicted molar refractivity (Wildman–Crippen MR) is 92.1 cm³/mol. The Morgan fingerprint density at radius 3 is 2.57 bits per heavy atom. The monoisotopic (exact) mass is 321 g/mol. The average Bonchev–Trinajstić information content (AvgIpc) is 2.57. The van der Waals surface area contributed by atoms with Gasteiger partial charge in [0.1, 0.15) is 5.69 Å².